The molecule has 9 nitrogen and oxygen atoms in total. The average Bonchev–Trinajstić information content (AvgIpc) is 2.82. The van der Waals surface area contributed by atoms with Crippen molar-refractivity contribution in [2.75, 3.05) is 26.7 Å². The number of hydrogen-bond donors (Lipinski definition) is 2. The Balaban J connectivity index is 1.45. The lowest BCUT2D eigenvalue weighted by molar-refractivity contribution is -0.135. The number of hydrogen-bond acceptors (Lipinski definition) is 7. The van der Waals surface area contributed by atoms with Crippen molar-refractivity contribution in [3.8, 4) is 5.75 Å². The fraction of sp³-hybridized carbons (Fsp3) is 0.478. The van der Waals surface area contributed by atoms with E-state index < -0.39 is 22.0 Å². The van der Waals surface area contributed by atoms with Gasteiger partial charge in [0.1, 0.15) is 18.4 Å². The molecule has 2 heterocycles. The Labute approximate surface area is 194 Å². The van der Waals surface area contributed by atoms with Gasteiger partial charge < -0.3 is 4.74 Å². The minimum Gasteiger partial charge on any atom is -0.489 e. The number of ether oxygens (including phenoxy) is 1. The molecule has 1 atom stereocenters. The number of fused-ring (bicyclic) bond motifs is 1. The second-order valence-corrected chi connectivity index (χ2v) is 10.6. The smallest absolute Gasteiger partial charge is 0.262 e. The highest BCUT2D eigenvalue weighted by atomic mass is 32.2. The molecule has 1 aliphatic heterocycles. The number of sulfonamides is 1. The molecule has 0 radical (unpaired) electrons. The normalized spacial score (nSPS) is 19.7. The van der Waals surface area contributed by atoms with Gasteiger partial charge in [0, 0.05) is 31.0 Å². The van der Waals surface area contributed by atoms with Crippen LogP contribution in [-0.4, -0.2) is 66.4 Å². The zero-order valence-electron chi connectivity index (χ0n) is 19.0. The largest absolute Gasteiger partial charge is 0.489 e. The van der Waals surface area contributed by atoms with Crippen LogP contribution in [0.25, 0.3) is 0 Å². The number of piperazine rings is 1. The van der Waals surface area contributed by atoms with Gasteiger partial charge >= 0.3 is 0 Å². The van der Waals surface area contributed by atoms with Crippen molar-refractivity contribution < 1.29 is 23.2 Å². The van der Waals surface area contributed by atoms with Crippen LogP contribution in [0.2, 0.25) is 0 Å². The Morgan fingerprint density at radius 2 is 1.94 bits per heavy atom. The van der Waals surface area contributed by atoms with Crippen molar-refractivity contribution >= 4 is 15.9 Å². The highest BCUT2D eigenvalue weighted by Gasteiger charge is 2.36. The molecular weight excluding hydrogens is 444 g/mol. The number of benzene rings is 1. The van der Waals surface area contributed by atoms with E-state index in [0.717, 1.165) is 30.5 Å². The van der Waals surface area contributed by atoms with Crippen LogP contribution in [0, 0.1) is 6.92 Å². The van der Waals surface area contributed by atoms with Crippen molar-refractivity contribution in [1.29, 1.82) is 0 Å². The molecule has 33 heavy (non-hydrogen) atoms. The van der Waals surface area contributed by atoms with Crippen molar-refractivity contribution in [2.45, 2.75) is 50.2 Å². The minimum absolute atomic E-state index is 0.0318. The number of rotatable bonds is 6. The van der Waals surface area contributed by atoms with Gasteiger partial charge in [0.2, 0.25) is 10.0 Å². The molecule has 1 amide bonds. The highest BCUT2D eigenvalue weighted by Crippen LogP contribution is 2.26. The highest BCUT2D eigenvalue weighted by molar-refractivity contribution is 7.89. The second kappa shape index (κ2) is 9.76. The van der Waals surface area contributed by atoms with Gasteiger partial charge in [-0.05, 0) is 81.1 Å². The standard InChI is InChI=1S/C23H30N4O5S/c1-16-13-17(20-5-3-4-6-21(20)24-16)15-32-18-7-9-19(10-8-18)33(30,31)27-12-11-26(2)22(14-27)23(28)25-29/h7-10,13,22,29H,3-6,11-12,14-15H2,1-2H3,(H,25,28). The summed E-state index contributed by atoms with van der Waals surface area (Å²) in [5.74, 6) is -0.0430. The summed E-state index contributed by atoms with van der Waals surface area (Å²) in [7, 11) is -2.06. The first-order chi connectivity index (χ1) is 15.8. The number of hydroxylamine groups is 1. The van der Waals surface area contributed by atoms with E-state index in [4.69, 9.17) is 9.94 Å². The molecule has 1 aromatic carbocycles. The van der Waals surface area contributed by atoms with E-state index in [1.54, 1.807) is 29.6 Å². The van der Waals surface area contributed by atoms with Crippen LogP contribution in [0.5, 0.6) is 5.75 Å². The van der Waals surface area contributed by atoms with Crippen molar-refractivity contribution in [3.63, 3.8) is 0 Å². The van der Waals surface area contributed by atoms with Crippen molar-refractivity contribution in [2.24, 2.45) is 0 Å². The number of aryl methyl sites for hydroxylation is 2. The fourth-order valence-electron chi connectivity index (χ4n) is 4.51. The molecule has 1 saturated heterocycles. The van der Waals surface area contributed by atoms with Crippen LogP contribution in [0.4, 0.5) is 0 Å². The van der Waals surface area contributed by atoms with E-state index in [0.29, 0.717) is 18.9 Å². The van der Waals surface area contributed by atoms with E-state index in [9.17, 15) is 13.2 Å². The minimum atomic E-state index is -3.78. The third kappa shape index (κ3) is 5.03. The molecular formula is C23H30N4O5S. The molecule has 2 N–H and O–H groups in total. The van der Waals surface area contributed by atoms with E-state index >= 15 is 0 Å². The quantitative estimate of drug-likeness (QED) is 0.484. The molecule has 10 heteroatoms. The maximum atomic E-state index is 13.1. The van der Waals surface area contributed by atoms with Crippen molar-refractivity contribution in [1.82, 2.24) is 19.7 Å². The Bertz CT molecular complexity index is 1120. The first-order valence-corrected chi connectivity index (χ1v) is 12.6. The second-order valence-electron chi connectivity index (χ2n) is 8.65. The van der Waals surface area contributed by atoms with Gasteiger partial charge in [-0.15, -0.1) is 0 Å². The lowest BCUT2D eigenvalue weighted by Crippen LogP contribution is -2.58. The SMILES string of the molecule is Cc1cc(COc2ccc(S(=O)(=O)N3CCN(C)C(C(=O)NO)C3)cc2)c2c(n1)CCCC2. The zero-order chi connectivity index (χ0) is 23.6. The van der Waals surface area contributed by atoms with Crippen LogP contribution < -0.4 is 10.2 Å². The fourth-order valence-corrected chi connectivity index (χ4v) is 5.95. The first-order valence-electron chi connectivity index (χ1n) is 11.1. The summed E-state index contributed by atoms with van der Waals surface area (Å²) in [5, 5.41) is 8.94. The van der Waals surface area contributed by atoms with Gasteiger partial charge in [-0.2, -0.15) is 4.31 Å². The molecule has 0 bridgehead atoms. The molecule has 1 fully saturated rings. The topological polar surface area (TPSA) is 112 Å². The Hall–Kier alpha value is -2.53. The van der Waals surface area contributed by atoms with E-state index in [1.165, 1.54) is 34.1 Å². The number of pyridine rings is 1. The summed E-state index contributed by atoms with van der Waals surface area (Å²) >= 11 is 0. The molecule has 0 saturated carbocycles. The summed E-state index contributed by atoms with van der Waals surface area (Å²) in [6.07, 6.45) is 4.34. The van der Waals surface area contributed by atoms with E-state index in [1.807, 2.05) is 6.92 Å². The molecule has 1 unspecified atom stereocenters. The number of likely N-dealkylation sites (N-methyl/N-ethyl adjacent to an activating group) is 1. The number of amides is 1. The lowest BCUT2D eigenvalue weighted by Gasteiger charge is -2.37. The molecule has 1 aliphatic carbocycles. The van der Waals surface area contributed by atoms with Crippen LogP contribution >= 0.6 is 0 Å². The molecule has 2 aromatic rings. The van der Waals surface area contributed by atoms with Gasteiger partial charge in [-0.1, -0.05) is 0 Å². The zero-order valence-corrected chi connectivity index (χ0v) is 19.8. The predicted octanol–water partition coefficient (Wildman–Crippen LogP) is 1.66. The third-order valence-corrected chi connectivity index (χ3v) is 8.28. The Morgan fingerprint density at radius 3 is 2.67 bits per heavy atom. The summed E-state index contributed by atoms with van der Waals surface area (Å²) < 4.78 is 33.5. The molecule has 178 valence electrons. The van der Waals surface area contributed by atoms with Crippen LogP contribution in [-0.2, 0) is 34.3 Å². The molecule has 1 aromatic heterocycles. The summed E-state index contributed by atoms with van der Waals surface area (Å²) in [6, 6.07) is 7.67. The monoisotopic (exact) mass is 474 g/mol. The molecule has 2 aliphatic rings. The van der Waals surface area contributed by atoms with Gasteiger partial charge in [-0.3, -0.25) is 19.9 Å². The Kier molecular flexibility index (Phi) is 6.99. The van der Waals surface area contributed by atoms with Gasteiger partial charge in [0.25, 0.3) is 5.91 Å². The van der Waals surface area contributed by atoms with Crippen LogP contribution in [0.3, 0.4) is 0 Å². The lowest BCUT2D eigenvalue weighted by atomic mass is 9.92. The van der Waals surface area contributed by atoms with Gasteiger partial charge in [0.05, 0.1) is 4.90 Å². The maximum absolute atomic E-state index is 13.1. The average molecular weight is 475 g/mol. The van der Waals surface area contributed by atoms with E-state index in [2.05, 4.69) is 11.1 Å². The number of nitrogens with one attached hydrogen (secondary N) is 1. The first kappa shape index (κ1) is 23.6. The van der Waals surface area contributed by atoms with Crippen molar-refractivity contribution in [3.05, 3.63) is 52.8 Å². The predicted molar refractivity (Wildman–Crippen MR) is 121 cm³/mol. The summed E-state index contributed by atoms with van der Waals surface area (Å²) in [5.41, 5.74) is 6.18. The van der Waals surface area contributed by atoms with Gasteiger partial charge in [0.15, 0.2) is 0 Å². The molecule has 4 rings (SSSR count). The number of carbonyl (C=O) groups excluding carboxylic acids is 1. The Morgan fingerprint density at radius 1 is 1.21 bits per heavy atom. The number of nitrogens with zero attached hydrogens (tertiary/aromatic N) is 3. The van der Waals surface area contributed by atoms with E-state index in [-0.39, 0.29) is 18.0 Å². The van der Waals surface area contributed by atoms with Crippen LogP contribution in [0.15, 0.2) is 35.2 Å². The molecule has 0 spiro atoms. The number of aromatic nitrogens is 1. The van der Waals surface area contributed by atoms with Crippen LogP contribution in [0.1, 0.15) is 35.4 Å². The van der Waals surface area contributed by atoms with Gasteiger partial charge in [-0.25, -0.2) is 13.9 Å². The summed E-state index contributed by atoms with van der Waals surface area (Å²) in [6.45, 7) is 3.02. The number of carbonyl (C=O) groups is 1. The maximum Gasteiger partial charge on any atom is 0.262 e. The summed E-state index contributed by atoms with van der Waals surface area (Å²) in [4.78, 5) is 18.4. The third-order valence-electron chi connectivity index (χ3n) is 6.40.